The maximum Gasteiger partial charge on any atom is 0.272 e. The highest BCUT2D eigenvalue weighted by atomic mass is 35.5. The molecule has 3 rings (SSSR count). The molecular weight excluding hydrogens is 374 g/mol. The topological polar surface area (TPSA) is 71.0 Å². The number of halogens is 1. The van der Waals surface area contributed by atoms with Crippen molar-refractivity contribution in [2.45, 2.75) is 12.8 Å². The number of hydrogen-bond donors (Lipinski definition) is 1. The van der Waals surface area contributed by atoms with Crippen LogP contribution in [0, 0.1) is 0 Å². The summed E-state index contributed by atoms with van der Waals surface area (Å²) in [7, 11) is 1.78. The predicted octanol–water partition coefficient (Wildman–Crippen LogP) is 3.49. The molecule has 0 fully saturated rings. The van der Waals surface area contributed by atoms with Crippen LogP contribution in [-0.2, 0) is 12.8 Å². The van der Waals surface area contributed by atoms with Crippen molar-refractivity contribution in [2.24, 2.45) is 0 Å². The second-order valence-corrected chi connectivity index (χ2v) is 6.84. The van der Waals surface area contributed by atoms with Crippen LogP contribution in [0.2, 0.25) is 5.02 Å². The van der Waals surface area contributed by atoms with Crippen LogP contribution in [0.5, 0.6) is 0 Å². The van der Waals surface area contributed by atoms with E-state index in [1.807, 2.05) is 36.4 Å². The lowest BCUT2D eigenvalue weighted by molar-refractivity contribution is 0.0791. The maximum atomic E-state index is 12.6. The summed E-state index contributed by atoms with van der Waals surface area (Å²) in [4.78, 5) is 26.8. The highest BCUT2D eigenvalue weighted by Crippen LogP contribution is 2.11. The Hall–Kier alpha value is -2.99. The van der Waals surface area contributed by atoms with E-state index in [1.54, 1.807) is 36.6 Å². The molecular formula is C21H22ClN5O. The largest absolute Gasteiger partial charge is 0.354 e. The molecule has 1 amide bonds. The van der Waals surface area contributed by atoms with Gasteiger partial charge in [-0.05, 0) is 54.3 Å². The molecule has 1 aromatic carbocycles. The van der Waals surface area contributed by atoms with Crippen LogP contribution in [0.1, 0.15) is 21.6 Å². The number of likely N-dealkylation sites (N-methyl/N-ethyl adjacent to an activating group) is 1. The molecule has 7 heteroatoms. The van der Waals surface area contributed by atoms with E-state index in [0.29, 0.717) is 24.7 Å². The number of benzene rings is 1. The molecule has 0 bridgehead atoms. The predicted molar refractivity (Wildman–Crippen MR) is 111 cm³/mol. The lowest BCUT2D eigenvalue weighted by Crippen LogP contribution is -2.29. The van der Waals surface area contributed by atoms with Crippen molar-refractivity contribution in [2.75, 3.05) is 25.5 Å². The molecule has 0 unspecified atom stereocenters. The number of nitrogens with one attached hydrogen (secondary N) is 1. The molecule has 0 aliphatic heterocycles. The fourth-order valence-corrected chi connectivity index (χ4v) is 2.93. The highest BCUT2D eigenvalue weighted by molar-refractivity contribution is 6.30. The third-order valence-electron chi connectivity index (χ3n) is 4.29. The Kier molecular flexibility index (Phi) is 6.92. The Balaban J connectivity index is 1.53. The Morgan fingerprint density at radius 3 is 2.68 bits per heavy atom. The number of carbonyl (C=O) groups excluding carboxylic acids is 1. The number of hydrogen-bond acceptors (Lipinski definition) is 5. The number of nitrogens with zero attached hydrogens (tertiary/aromatic N) is 4. The van der Waals surface area contributed by atoms with E-state index >= 15 is 0 Å². The molecule has 0 saturated heterocycles. The van der Waals surface area contributed by atoms with Crippen LogP contribution >= 0.6 is 11.6 Å². The van der Waals surface area contributed by atoms with Crippen molar-refractivity contribution in [1.29, 1.82) is 0 Å². The van der Waals surface area contributed by atoms with E-state index < -0.39 is 0 Å². The summed E-state index contributed by atoms with van der Waals surface area (Å²) < 4.78 is 0. The van der Waals surface area contributed by atoms with Gasteiger partial charge in [0.15, 0.2) is 0 Å². The third kappa shape index (κ3) is 5.76. The number of amides is 1. The van der Waals surface area contributed by atoms with Gasteiger partial charge in [0.05, 0.1) is 0 Å². The molecule has 0 saturated carbocycles. The van der Waals surface area contributed by atoms with Crippen LogP contribution in [0.4, 0.5) is 5.95 Å². The second-order valence-electron chi connectivity index (χ2n) is 6.40. The minimum atomic E-state index is -0.130. The van der Waals surface area contributed by atoms with Gasteiger partial charge in [0.1, 0.15) is 5.69 Å². The number of rotatable bonds is 8. The van der Waals surface area contributed by atoms with E-state index in [9.17, 15) is 4.79 Å². The number of pyridine rings is 1. The summed E-state index contributed by atoms with van der Waals surface area (Å²) in [5.41, 5.74) is 2.64. The SMILES string of the molecule is CN(CCc1ccncc1)C(=O)c1ccnc(NCCc2cccc(Cl)c2)n1. The van der Waals surface area contributed by atoms with Gasteiger partial charge in [-0.2, -0.15) is 0 Å². The van der Waals surface area contributed by atoms with Gasteiger partial charge in [0.2, 0.25) is 5.95 Å². The van der Waals surface area contributed by atoms with Gasteiger partial charge in [0, 0.05) is 43.8 Å². The van der Waals surface area contributed by atoms with Gasteiger partial charge in [-0.1, -0.05) is 23.7 Å². The van der Waals surface area contributed by atoms with Crippen molar-refractivity contribution in [3.8, 4) is 0 Å². The zero-order valence-corrected chi connectivity index (χ0v) is 16.4. The quantitative estimate of drug-likeness (QED) is 0.632. The fourth-order valence-electron chi connectivity index (χ4n) is 2.72. The minimum absolute atomic E-state index is 0.130. The standard InChI is InChI=1S/C21H22ClN5O/c1-27(14-9-16-5-10-23-11-6-16)20(28)19-8-13-25-21(26-19)24-12-7-17-3-2-4-18(22)15-17/h2-6,8,10-11,13,15H,7,9,12,14H2,1H3,(H,24,25,26). The van der Waals surface area contributed by atoms with Crippen molar-refractivity contribution in [1.82, 2.24) is 19.9 Å². The second kappa shape index (κ2) is 9.80. The number of anilines is 1. The first-order chi connectivity index (χ1) is 13.6. The molecule has 0 aliphatic carbocycles. The van der Waals surface area contributed by atoms with Crippen molar-refractivity contribution < 1.29 is 4.79 Å². The molecule has 28 heavy (non-hydrogen) atoms. The molecule has 2 aromatic heterocycles. The molecule has 0 radical (unpaired) electrons. The minimum Gasteiger partial charge on any atom is -0.354 e. The van der Waals surface area contributed by atoms with Crippen LogP contribution in [-0.4, -0.2) is 45.9 Å². The number of aromatic nitrogens is 3. The van der Waals surface area contributed by atoms with Gasteiger partial charge < -0.3 is 10.2 Å². The van der Waals surface area contributed by atoms with Crippen LogP contribution < -0.4 is 5.32 Å². The Morgan fingerprint density at radius 1 is 1.07 bits per heavy atom. The van der Waals surface area contributed by atoms with Gasteiger partial charge >= 0.3 is 0 Å². The smallest absolute Gasteiger partial charge is 0.272 e. The lowest BCUT2D eigenvalue weighted by atomic mass is 10.1. The van der Waals surface area contributed by atoms with Gasteiger partial charge in [-0.15, -0.1) is 0 Å². The summed E-state index contributed by atoms with van der Waals surface area (Å²) in [6.45, 7) is 1.25. The zero-order valence-electron chi connectivity index (χ0n) is 15.7. The van der Waals surface area contributed by atoms with E-state index in [-0.39, 0.29) is 5.91 Å². The van der Waals surface area contributed by atoms with Crippen LogP contribution in [0.3, 0.4) is 0 Å². The fraction of sp³-hybridized carbons (Fsp3) is 0.238. The van der Waals surface area contributed by atoms with Crippen LogP contribution in [0.15, 0.2) is 61.1 Å². The first-order valence-corrected chi connectivity index (χ1v) is 9.45. The molecule has 6 nitrogen and oxygen atoms in total. The maximum absolute atomic E-state index is 12.6. The van der Waals surface area contributed by atoms with Crippen molar-refractivity contribution in [3.63, 3.8) is 0 Å². The van der Waals surface area contributed by atoms with E-state index in [4.69, 9.17) is 11.6 Å². The first kappa shape index (κ1) is 19.8. The molecule has 1 N–H and O–H groups in total. The summed E-state index contributed by atoms with van der Waals surface area (Å²) in [5.74, 6) is 0.310. The molecule has 3 aromatic rings. The zero-order chi connectivity index (χ0) is 19.8. The Labute approximate surface area is 169 Å². The van der Waals surface area contributed by atoms with E-state index in [1.165, 1.54) is 0 Å². The average Bonchev–Trinajstić information content (AvgIpc) is 2.72. The lowest BCUT2D eigenvalue weighted by Gasteiger charge is -2.17. The molecule has 2 heterocycles. The summed E-state index contributed by atoms with van der Waals surface area (Å²) >= 11 is 6.00. The monoisotopic (exact) mass is 395 g/mol. The summed E-state index contributed by atoms with van der Waals surface area (Å²) in [5, 5.41) is 3.88. The first-order valence-electron chi connectivity index (χ1n) is 9.07. The third-order valence-corrected chi connectivity index (χ3v) is 4.53. The molecule has 0 aliphatic rings. The highest BCUT2D eigenvalue weighted by Gasteiger charge is 2.14. The van der Waals surface area contributed by atoms with Gasteiger partial charge in [0.25, 0.3) is 5.91 Å². The Morgan fingerprint density at radius 2 is 1.89 bits per heavy atom. The summed E-state index contributed by atoms with van der Waals surface area (Å²) in [6, 6.07) is 13.3. The van der Waals surface area contributed by atoms with Gasteiger partial charge in [-0.3, -0.25) is 9.78 Å². The Bertz CT molecular complexity index is 919. The average molecular weight is 396 g/mol. The van der Waals surface area contributed by atoms with Crippen LogP contribution in [0.25, 0.3) is 0 Å². The normalized spacial score (nSPS) is 10.5. The summed E-state index contributed by atoms with van der Waals surface area (Å²) in [6.07, 6.45) is 6.65. The molecule has 0 spiro atoms. The van der Waals surface area contributed by atoms with Crippen molar-refractivity contribution in [3.05, 3.63) is 82.9 Å². The number of carbonyl (C=O) groups is 1. The van der Waals surface area contributed by atoms with Gasteiger partial charge in [-0.25, -0.2) is 9.97 Å². The molecule has 0 atom stereocenters. The van der Waals surface area contributed by atoms with Crippen molar-refractivity contribution >= 4 is 23.5 Å². The van der Waals surface area contributed by atoms with E-state index in [0.717, 1.165) is 29.0 Å². The van der Waals surface area contributed by atoms with E-state index in [2.05, 4.69) is 20.3 Å². The molecule has 144 valence electrons.